The van der Waals surface area contributed by atoms with Crippen molar-refractivity contribution in [1.29, 1.82) is 0 Å². The van der Waals surface area contributed by atoms with Gasteiger partial charge in [0.1, 0.15) is 11.9 Å². The molecular formula is C14H15ClO3. The molecule has 96 valence electrons. The van der Waals surface area contributed by atoms with Crippen molar-refractivity contribution in [3.8, 4) is 0 Å². The average molecular weight is 267 g/mol. The standard InChI is InChI=1S/C14H15ClO3/c1-14(6-3-7-17-14)13(16)11-8-9-4-2-5-10(15)12(9)18-11/h2,4-5,8,13,16H,3,6-7H2,1H3. The summed E-state index contributed by atoms with van der Waals surface area (Å²) in [5, 5.41) is 11.9. The fourth-order valence-corrected chi connectivity index (χ4v) is 2.72. The molecule has 2 atom stereocenters. The van der Waals surface area contributed by atoms with Crippen LogP contribution in [0, 0.1) is 0 Å². The van der Waals surface area contributed by atoms with Crippen LogP contribution < -0.4 is 0 Å². The Morgan fingerprint density at radius 2 is 2.28 bits per heavy atom. The van der Waals surface area contributed by atoms with Gasteiger partial charge in [0.05, 0.1) is 10.6 Å². The highest BCUT2D eigenvalue weighted by Crippen LogP contribution is 2.39. The summed E-state index contributed by atoms with van der Waals surface area (Å²) < 4.78 is 11.3. The Morgan fingerprint density at radius 3 is 2.94 bits per heavy atom. The van der Waals surface area contributed by atoms with Crippen LogP contribution in [0.4, 0.5) is 0 Å². The molecule has 1 aromatic heterocycles. The number of halogens is 1. The number of aliphatic hydroxyl groups is 1. The van der Waals surface area contributed by atoms with Crippen LogP contribution in [0.1, 0.15) is 31.6 Å². The smallest absolute Gasteiger partial charge is 0.152 e. The lowest BCUT2D eigenvalue weighted by Crippen LogP contribution is -2.31. The summed E-state index contributed by atoms with van der Waals surface area (Å²) >= 11 is 6.06. The van der Waals surface area contributed by atoms with Crippen LogP contribution in [0.25, 0.3) is 11.0 Å². The van der Waals surface area contributed by atoms with E-state index in [1.807, 2.05) is 25.1 Å². The van der Waals surface area contributed by atoms with Crippen LogP contribution in [0.5, 0.6) is 0 Å². The predicted octanol–water partition coefficient (Wildman–Crippen LogP) is 3.69. The number of fused-ring (bicyclic) bond motifs is 1. The van der Waals surface area contributed by atoms with E-state index < -0.39 is 11.7 Å². The van der Waals surface area contributed by atoms with Crippen molar-refractivity contribution in [3.05, 3.63) is 35.0 Å². The van der Waals surface area contributed by atoms with Crippen molar-refractivity contribution in [2.45, 2.75) is 31.5 Å². The third-order valence-electron chi connectivity index (χ3n) is 3.61. The van der Waals surface area contributed by atoms with E-state index in [-0.39, 0.29) is 0 Å². The zero-order valence-electron chi connectivity index (χ0n) is 10.1. The lowest BCUT2D eigenvalue weighted by Gasteiger charge is -2.27. The molecule has 3 nitrogen and oxygen atoms in total. The van der Waals surface area contributed by atoms with Crippen molar-refractivity contribution >= 4 is 22.6 Å². The van der Waals surface area contributed by atoms with E-state index in [1.165, 1.54) is 0 Å². The molecule has 0 radical (unpaired) electrons. The second-order valence-corrected chi connectivity index (χ2v) is 5.38. The summed E-state index contributed by atoms with van der Waals surface area (Å²) in [6, 6.07) is 7.39. The third kappa shape index (κ3) is 1.83. The fraction of sp³-hybridized carbons (Fsp3) is 0.429. The molecule has 0 aliphatic carbocycles. The number of furan rings is 1. The van der Waals surface area contributed by atoms with E-state index in [2.05, 4.69) is 0 Å². The topological polar surface area (TPSA) is 42.6 Å². The monoisotopic (exact) mass is 266 g/mol. The molecule has 0 saturated carbocycles. The molecule has 1 aliphatic heterocycles. The van der Waals surface area contributed by atoms with Gasteiger partial charge >= 0.3 is 0 Å². The van der Waals surface area contributed by atoms with Crippen molar-refractivity contribution in [2.75, 3.05) is 6.61 Å². The SMILES string of the molecule is CC1(C(O)c2cc3cccc(Cl)c3o2)CCCO1. The van der Waals surface area contributed by atoms with Gasteiger partial charge in [-0.25, -0.2) is 0 Å². The number of aliphatic hydroxyl groups excluding tert-OH is 1. The number of benzene rings is 1. The molecular weight excluding hydrogens is 252 g/mol. The minimum Gasteiger partial charge on any atom is -0.457 e. The fourth-order valence-electron chi connectivity index (χ4n) is 2.50. The van der Waals surface area contributed by atoms with E-state index in [4.69, 9.17) is 20.8 Å². The summed E-state index contributed by atoms with van der Waals surface area (Å²) in [6.07, 6.45) is 1.04. The summed E-state index contributed by atoms with van der Waals surface area (Å²) in [4.78, 5) is 0. The van der Waals surface area contributed by atoms with Crippen molar-refractivity contribution in [2.24, 2.45) is 0 Å². The Hall–Kier alpha value is -1.03. The molecule has 3 rings (SSSR count). The zero-order valence-corrected chi connectivity index (χ0v) is 10.9. The van der Waals surface area contributed by atoms with Gasteiger partial charge in [-0.15, -0.1) is 0 Å². The molecule has 1 fully saturated rings. The van der Waals surface area contributed by atoms with Gasteiger partial charge in [-0.2, -0.15) is 0 Å². The maximum atomic E-state index is 10.4. The van der Waals surface area contributed by atoms with E-state index in [9.17, 15) is 5.11 Å². The summed E-state index contributed by atoms with van der Waals surface area (Å²) in [5.41, 5.74) is 0.0650. The summed E-state index contributed by atoms with van der Waals surface area (Å²) in [6.45, 7) is 2.61. The Labute approximate surface area is 110 Å². The number of hydrogen-bond donors (Lipinski definition) is 1. The summed E-state index contributed by atoms with van der Waals surface area (Å²) in [7, 11) is 0. The van der Waals surface area contributed by atoms with E-state index in [0.29, 0.717) is 23.0 Å². The van der Waals surface area contributed by atoms with Gasteiger partial charge in [0, 0.05) is 12.0 Å². The lowest BCUT2D eigenvalue weighted by atomic mass is 9.94. The highest BCUT2D eigenvalue weighted by atomic mass is 35.5. The second-order valence-electron chi connectivity index (χ2n) is 4.97. The first kappa shape index (κ1) is 12.0. The van der Waals surface area contributed by atoms with Gasteiger partial charge in [-0.05, 0) is 31.9 Å². The Kier molecular flexibility index (Phi) is 2.85. The van der Waals surface area contributed by atoms with Gasteiger partial charge in [0.25, 0.3) is 0 Å². The maximum absolute atomic E-state index is 10.4. The largest absolute Gasteiger partial charge is 0.457 e. The lowest BCUT2D eigenvalue weighted by molar-refractivity contribution is -0.0869. The number of rotatable bonds is 2. The Balaban J connectivity index is 2.01. The van der Waals surface area contributed by atoms with Gasteiger partial charge in [0.15, 0.2) is 5.58 Å². The molecule has 0 bridgehead atoms. The van der Waals surface area contributed by atoms with Crippen LogP contribution in [0.2, 0.25) is 5.02 Å². The number of para-hydroxylation sites is 1. The van der Waals surface area contributed by atoms with Gasteiger partial charge in [-0.1, -0.05) is 23.7 Å². The van der Waals surface area contributed by atoms with E-state index in [0.717, 1.165) is 18.2 Å². The number of hydrogen-bond acceptors (Lipinski definition) is 3. The van der Waals surface area contributed by atoms with Crippen molar-refractivity contribution in [3.63, 3.8) is 0 Å². The van der Waals surface area contributed by atoms with Crippen LogP contribution in [0.3, 0.4) is 0 Å². The van der Waals surface area contributed by atoms with E-state index >= 15 is 0 Å². The Morgan fingerprint density at radius 1 is 1.44 bits per heavy atom. The highest BCUT2D eigenvalue weighted by Gasteiger charge is 2.40. The first-order valence-corrected chi connectivity index (χ1v) is 6.48. The van der Waals surface area contributed by atoms with Crippen LogP contribution in [-0.4, -0.2) is 17.3 Å². The summed E-state index contributed by atoms with van der Waals surface area (Å²) in [5.74, 6) is 0.516. The molecule has 1 saturated heterocycles. The molecule has 1 aliphatic rings. The normalized spacial score (nSPS) is 25.7. The van der Waals surface area contributed by atoms with Crippen LogP contribution in [-0.2, 0) is 4.74 Å². The van der Waals surface area contributed by atoms with Crippen LogP contribution >= 0.6 is 11.6 Å². The second kappa shape index (κ2) is 4.26. The molecule has 0 spiro atoms. The van der Waals surface area contributed by atoms with Crippen LogP contribution in [0.15, 0.2) is 28.7 Å². The van der Waals surface area contributed by atoms with Crippen molar-refractivity contribution in [1.82, 2.24) is 0 Å². The number of ether oxygens (including phenoxy) is 1. The Bertz CT molecular complexity index is 569. The molecule has 2 heterocycles. The van der Waals surface area contributed by atoms with Gasteiger partial charge in [-0.3, -0.25) is 0 Å². The van der Waals surface area contributed by atoms with E-state index in [1.54, 1.807) is 6.07 Å². The molecule has 18 heavy (non-hydrogen) atoms. The molecule has 1 aromatic carbocycles. The zero-order chi connectivity index (χ0) is 12.8. The van der Waals surface area contributed by atoms with Crippen molar-refractivity contribution < 1.29 is 14.3 Å². The highest BCUT2D eigenvalue weighted by molar-refractivity contribution is 6.34. The molecule has 2 unspecified atom stereocenters. The van der Waals surface area contributed by atoms with Gasteiger partial charge < -0.3 is 14.3 Å². The molecule has 4 heteroatoms. The third-order valence-corrected chi connectivity index (χ3v) is 3.91. The molecule has 2 aromatic rings. The molecule has 0 amide bonds. The first-order chi connectivity index (χ1) is 8.60. The maximum Gasteiger partial charge on any atom is 0.152 e. The quantitative estimate of drug-likeness (QED) is 0.901. The minimum absolute atomic E-state index is 0.516. The minimum atomic E-state index is -0.761. The average Bonchev–Trinajstić information content (AvgIpc) is 2.96. The predicted molar refractivity (Wildman–Crippen MR) is 69.8 cm³/mol. The van der Waals surface area contributed by atoms with Gasteiger partial charge in [0.2, 0.25) is 0 Å². The molecule has 1 N–H and O–H groups in total. The first-order valence-electron chi connectivity index (χ1n) is 6.10.